The highest BCUT2D eigenvalue weighted by Crippen LogP contribution is 2.07. The maximum Gasteiger partial charge on any atom is 0.231 e. The molecule has 64 valence electrons. The normalized spacial score (nSPS) is 12.9. The summed E-state index contributed by atoms with van der Waals surface area (Å²) in [5.41, 5.74) is 0. The second-order valence-electron chi connectivity index (χ2n) is 1.86. The SMILES string of the molecule is C1=CCCCC1.CC.N=C=O. The highest BCUT2D eigenvalue weighted by Gasteiger charge is 1.87. The van der Waals surface area contributed by atoms with Crippen molar-refractivity contribution >= 4 is 6.08 Å². The summed E-state index contributed by atoms with van der Waals surface area (Å²) in [5, 5.41) is 5.40. The lowest BCUT2D eigenvalue weighted by molar-refractivity contribution is 0.563. The Labute approximate surface area is 68.8 Å². The first-order valence-corrected chi connectivity index (χ1v) is 4.10. The zero-order valence-corrected chi connectivity index (χ0v) is 7.39. The monoisotopic (exact) mass is 155 g/mol. The van der Waals surface area contributed by atoms with E-state index in [1.54, 1.807) is 0 Å². The average Bonchev–Trinajstić information content (AvgIpc) is 2.12. The summed E-state index contributed by atoms with van der Waals surface area (Å²) in [5.74, 6) is 0. The fourth-order valence-electron chi connectivity index (χ4n) is 0.760. The third-order valence-corrected chi connectivity index (χ3v) is 1.16. The molecule has 0 heterocycles. The first-order chi connectivity index (χ1) is 5.41. The van der Waals surface area contributed by atoms with Crippen molar-refractivity contribution in [2.75, 3.05) is 0 Å². The number of isocyanates is 1. The van der Waals surface area contributed by atoms with E-state index >= 15 is 0 Å². The molecule has 2 heteroatoms. The van der Waals surface area contributed by atoms with E-state index in [0.717, 1.165) is 6.08 Å². The lowest BCUT2D eigenvalue weighted by Gasteiger charge is -1.97. The Bertz CT molecular complexity index is 105. The van der Waals surface area contributed by atoms with Crippen LogP contribution in [0.3, 0.4) is 0 Å². The van der Waals surface area contributed by atoms with E-state index in [4.69, 9.17) is 10.2 Å². The molecule has 0 saturated carbocycles. The van der Waals surface area contributed by atoms with E-state index in [0.29, 0.717) is 0 Å². The molecule has 0 amide bonds. The van der Waals surface area contributed by atoms with Gasteiger partial charge in [0.2, 0.25) is 6.08 Å². The summed E-state index contributed by atoms with van der Waals surface area (Å²) in [6.45, 7) is 4.00. The standard InChI is InChI=1S/C6H10.C2H6.CHNO/c1-2-4-6-5-3-1;1-2;2-1-3/h1-2H,3-6H2;1-2H3;2H. The van der Waals surface area contributed by atoms with Crippen molar-refractivity contribution in [1.29, 1.82) is 5.41 Å². The molecule has 1 aliphatic carbocycles. The van der Waals surface area contributed by atoms with Crippen LogP contribution in [0.25, 0.3) is 0 Å². The first kappa shape index (κ1) is 12.8. The summed E-state index contributed by atoms with van der Waals surface area (Å²) in [4.78, 5) is 8.35. The Morgan fingerprint density at radius 1 is 1.18 bits per heavy atom. The molecule has 1 aliphatic rings. The van der Waals surface area contributed by atoms with Gasteiger partial charge in [0, 0.05) is 0 Å². The van der Waals surface area contributed by atoms with Gasteiger partial charge in [-0.3, -0.25) is 0 Å². The Kier molecular flexibility index (Phi) is 18.6. The first-order valence-electron chi connectivity index (χ1n) is 4.10. The fourth-order valence-corrected chi connectivity index (χ4v) is 0.760. The molecule has 0 spiro atoms. The van der Waals surface area contributed by atoms with Crippen molar-refractivity contribution in [3.63, 3.8) is 0 Å². The van der Waals surface area contributed by atoms with Crippen molar-refractivity contribution in [2.24, 2.45) is 0 Å². The van der Waals surface area contributed by atoms with Gasteiger partial charge in [0.1, 0.15) is 0 Å². The number of nitrogens with one attached hydrogen (secondary N) is 1. The van der Waals surface area contributed by atoms with Gasteiger partial charge >= 0.3 is 0 Å². The average molecular weight is 155 g/mol. The number of hydrogen-bond donors (Lipinski definition) is 1. The molecule has 0 radical (unpaired) electrons. The number of carbonyl (C=O) groups excluding carboxylic acids is 1. The maximum atomic E-state index is 8.35. The minimum Gasteiger partial charge on any atom is -0.222 e. The summed E-state index contributed by atoms with van der Waals surface area (Å²) in [6, 6.07) is 0. The van der Waals surface area contributed by atoms with Crippen LogP contribution in [0.5, 0.6) is 0 Å². The van der Waals surface area contributed by atoms with Crippen LogP contribution >= 0.6 is 0 Å². The lowest BCUT2D eigenvalue weighted by atomic mass is 10.1. The van der Waals surface area contributed by atoms with E-state index in [-0.39, 0.29) is 0 Å². The van der Waals surface area contributed by atoms with Crippen LogP contribution in [0.15, 0.2) is 12.2 Å². The molecule has 0 aromatic carbocycles. The van der Waals surface area contributed by atoms with Crippen molar-refractivity contribution in [3.05, 3.63) is 12.2 Å². The molecule has 1 rings (SSSR count). The third kappa shape index (κ3) is 17.6. The van der Waals surface area contributed by atoms with Gasteiger partial charge in [-0.1, -0.05) is 26.0 Å². The second kappa shape index (κ2) is 16.1. The largest absolute Gasteiger partial charge is 0.231 e. The molecule has 0 atom stereocenters. The zero-order valence-electron chi connectivity index (χ0n) is 7.39. The van der Waals surface area contributed by atoms with Crippen molar-refractivity contribution in [2.45, 2.75) is 39.5 Å². The van der Waals surface area contributed by atoms with Gasteiger partial charge in [-0.05, 0) is 25.7 Å². The zero-order chi connectivity index (χ0) is 8.95. The molecule has 0 aromatic rings. The van der Waals surface area contributed by atoms with E-state index in [1.165, 1.54) is 25.7 Å². The Balaban J connectivity index is 0. The van der Waals surface area contributed by atoms with Crippen LogP contribution in [0.1, 0.15) is 39.5 Å². The van der Waals surface area contributed by atoms with Crippen molar-refractivity contribution in [1.82, 2.24) is 0 Å². The molecule has 2 nitrogen and oxygen atoms in total. The predicted molar refractivity (Wildman–Crippen MR) is 47.4 cm³/mol. The quantitative estimate of drug-likeness (QED) is 0.326. The van der Waals surface area contributed by atoms with Crippen molar-refractivity contribution in [3.8, 4) is 0 Å². The fraction of sp³-hybridized carbons (Fsp3) is 0.667. The second-order valence-corrected chi connectivity index (χ2v) is 1.86. The minimum atomic E-state index is 0.750. The molecule has 0 aromatic heterocycles. The van der Waals surface area contributed by atoms with Gasteiger partial charge in [0.05, 0.1) is 0 Å². The number of hydrogen-bond acceptors (Lipinski definition) is 2. The van der Waals surface area contributed by atoms with E-state index in [1.807, 2.05) is 13.8 Å². The summed E-state index contributed by atoms with van der Waals surface area (Å²) >= 11 is 0. The van der Waals surface area contributed by atoms with Gasteiger partial charge in [-0.2, -0.15) is 0 Å². The molecule has 0 bridgehead atoms. The molecular formula is C9H17NO. The van der Waals surface area contributed by atoms with Crippen LogP contribution in [0.2, 0.25) is 0 Å². The molecule has 0 aliphatic heterocycles. The van der Waals surface area contributed by atoms with Crippen LogP contribution in [0.4, 0.5) is 0 Å². The molecule has 1 N–H and O–H groups in total. The smallest absolute Gasteiger partial charge is 0.222 e. The Morgan fingerprint density at radius 2 is 1.45 bits per heavy atom. The maximum absolute atomic E-state index is 8.35. The lowest BCUT2D eigenvalue weighted by Crippen LogP contribution is -1.77. The number of rotatable bonds is 0. The minimum absolute atomic E-state index is 0.750. The van der Waals surface area contributed by atoms with Gasteiger partial charge in [0.25, 0.3) is 0 Å². The Morgan fingerprint density at radius 3 is 1.55 bits per heavy atom. The van der Waals surface area contributed by atoms with Crippen LogP contribution in [-0.2, 0) is 4.79 Å². The topological polar surface area (TPSA) is 40.9 Å². The van der Waals surface area contributed by atoms with Crippen LogP contribution in [0, 0.1) is 5.41 Å². The molecule has 0 saturated heterocycles. The summed E-state index contributed by atoms with van der Waals surface area (Å²) in [7, 11) is 0. The van der Waals surface area contributed by atoms with Gasteiger partial charge in [0.15, 0.2) is 0 Å². The van der Waals surface area contributed by atoms with Crippen LogP contribution < -0.4 is 0 Å². The molecule has 0 fully saturated rings. The molecular weight excluding hydrogens is 138 g/mol. The van der Waals surface area contributed by atoms with Gasteiger partial charge < -0.3 is 0 Å². The van der Waals surface area contributed by atoms with E-state index in [2.05, 4.69) is 12.2 Å². The van der Waals surface area contributed by atoms with Crippen molar-refractivity contribution < 1.29 is 4.79 Å². The highest BCUT2D eigenvalue weighted by atomic mass is 16.1. The van der Waals surface area contributed by atoms with Gasteiger partial charge in [-0.15, -0.1) is 0 Å². The van der Waals surface area contributed by atoms with E-state index < -0.39 is 0 Å². The number of allylic oxidation sites excluding steroid dienone is 2. The summed E-state index contributed by atoms with van der Waals surface area (Å²) in [6.07, 6.45) is 10.8. The van der Waals surface area contributed by atoms with Crippen LogP contribution in [-0.4, -0.2) is 6.08 Å². The predicted octanol–water partition coefficient (Wildman–Crippen LogP) is 3.04. The summed E-state index contributed by atoms with van der Waals surface area (Å²) < 4.78 is 0. The van der Waals surface area contributed by atoms with Gasteiger partial charge in [-0.25, -0.2) is 10.2 Å². The molecule has 11 heavy (non-hydrogen) atoms. The highest BCUT2D eigenvalue weighted by molar-refractivity contribution is 5.26. The van der Waals surface area contributed by atoms with E-state index in [9.17, 15) is 0 Å². The third-order valence-electron chi connectivity index (χ3n) is 1.16. The Hall–Kier alpha value is -0.880. The molecule has 0 unspecified atom stereocenters.